The molecule has 3 aromatic carbocycles. The third-order valence-electron chi connectivity index (χ3n) is 7.30. The summed E-state index contributed by atoms with van der Waals surface area (Å²) in [5.74, 6) is -1.72. The molecule has 1 aliphatic heterocycles. The summed E-state index contributed by atoms with van der Waals surface area (Å²) < 4.78 is 15.7. The Morgan fingerprint density at radius 3 is 2.33 bits per heavy atom. The minimum atomic E-state index is -0.985. The summed E-state index contributed by atoms with van der Waals surface area (Å²) in [5, 5.41) is 13.4. The number of hydrogen-bond donors (Lipinski definition) is 2. The number of hydrogen-bond acceptors (Lipinski definition) is 4. The molecule has 1 aliphatic rings. The van der Waals surface area contributed by atoms with Gasteiger partial charge in [0, 0.05) is 24.3 Å². The van der Waals surface area contributed by atoms with E-state index >= 15 is 0 Å². The number of aromatic nitrogens is 2. The molecule has 0 radical (unpaired) electrons. The number of amides is 1. The molecule has 200 valence electrons. The normalized spacial score (nSPS) is 14.4. The van der Waals surface area contributed by atoms with Gasteiger partial charge in [-0.3, -0.25) is 9.59 Å². The summed E-state index contributed by atoms with van der Waals surface area (Å²) >= 11 is 0. The van der Waals surface area contributed by atoms with E-state index in [-0.39, 0.29) is 18.3 Å². The number of carboxylic acid groups (broad SMARTS) is 1. The third-order valence-corrected chi connectivity index (χ3v) is 7.30. The van der Waals surface area contributed by atoms with Crippen LogP contribution in [0.1, 0.15) is 36.2 Å². The van der Waals surface area contributed by atoms with Crippen molar-refractivity contribution in [2.45, 2.75) is 39.3 Å². The Morgan fingerprint density at radius 1 is 1.00 bits per heavy atom. The molecule has 1 amide bonds. The number of nitrogens with zero attached hydrogens (tertiary/aromatic N) is 3. The van der Waals surface area contributed by atoms with Gasteiger partial charge in [-0.05, 0) is 55.3 Å². The van der Waals surface area contributed by atoms with E-state index in [0.717, 1.165) is 22.6 Å². The van der Waals surface area contributed by atoms with Gasteiger partial charge in [0.1, 0.15) is 23.2 Å². The first-order chi connectivity index (χ1) is 18.9. The Balaban J connectivity index is 1.51. The number of carbonyl (C=O) groups excluding carboxylic acids is 1. The maximum absolute atomic E-state index is 13.9. The maximum Gasteiger partial charge on any atom is 0.307 e. The van der Waals surface area contributed by atoms with E-state index in [9.17, 15) is 19.1 Å². The van der Waals surface area contributed by atoms with Gasteiger partial charge in [0.25, 0.3) is 0 Å². The lowest BCUT2D eigenvalue weighted by Gasteiger charge is -2.33. The van der Waals surface area contributed by atoms with Crippen LogP contribution < -0.4 is 5.32 Å². The first-order valence-electron chi connectivity index (χ1n) is 13.1. The fraction of sp³-hybridized carbons (Fsp3) is 0.258. The average Bonchev–Trinajstić information content (AvgIpc) is 3.30. The van der Waals surface area contributed by atoms with Crippen molar-refractivity contribution < 1.29 is 19.1 Å². The van der Waals surface area contributed by atoms with E-state index in [4.69, 9.17) is 4.98 Å². The third kappa shape index (κ3) is 5.41. The summed E-state index contributed by atoms with van der Waals surface area (Å²) in [6, 6.07) is 23.3. The highest BCUT2D eigenvalue weighted by atomic mass is 19.1. The summed E-state index contributed by atoms with van der Waals surface area (Å²) in [5.41, 5.74) is 4.14. The van der Waals surface area contributed by atoms with Crippen LogP contribution >= 0.6 is 0 Å². The van der Waals surface area contributed by atoms with Crippen LogP contribution in [-0.2, 0) is 22.7 Å². The van der Waals surface area contributed by atoms with Crippen molar-refractivity contribution >= 4 is 23.4 Å². The van der Waals surface area contributed by atoms with E-state index in [2.05, 4.69) is 5.32 Å². The molecule has 39 heavy (non-hydrogen) atoms. The quantitative estimate of drug-likeness (QED) is 0.295. The van der Waals surface area contributed by atoms with Crippen LogP contribution in [0.5, 0.6) is 0 Å². The summed E-state index contributed by atoms with van der Waals surface area (Å²) in [6.07, 6.45) is 0.336. The zero-order valence-corrected chi connectivity index (χ0v) is 22.0. The lowest BCUT2D eigenvalue weighted by atomic mass is 9.83. The second kappa shape index (κ2) is 11.1. The average molecular weight is 527 g/mol. The highest BCUT2D eigenvalue weighted by molar-refractivity contribution is 5.89. The SMILES string of the molecule is CCC(C(=O)O)C(C(=O)N1CCn2c(nc(-c3ccc(F)cc3)c2Nc2ccc(C)cc2)C1)c1ccccc1. The van der Waals surface area contributed by atoms with E-state index < -0.39 is 17.8 Å². The molecule has 0 aliphatic carbocycles. The van der Waals surface area contributed by atoms with Gasteiger partial charge in [-0.2, -0.15) is 0 Å². The first-order valence-corrected chi connectivity index (χ1v) is 13.1. The predicted molar refractivity (Wildman–Crippen MR) is 148 cm³/mol. The summed E-state index contributed by atoms with van der Waals surface area (Å²) in [4.78, 5) is 32.6. The molecule has 0 spiro atoms. The lowest BCUT2D eigenvalue weighted by Crippen LogP contribution is -2.43. The maximum atomic E-state index is 13.9. The van der Waals surface area contributed by atoms with Crippen molar-refractivity contribution in [2.24, 2.45) is 5.92 Å². The number of imidazole rings is 1. The molecule has 2 N–H and O–H groups in total. The number of fused-ring (bicyclic) bond motifs is 1. The van der Waals surface area contributed by atoms with Gasteiger partial charge >= 0.3 is 5.97 Å². The van der Waals surface area contributed by atoms with Crippen molar-refractivity contribution in [3.05, 3.63) is 102 Å². The van der Waals surface area contributed by atoms with Gasteiger partial charge in [0.15, 0.2) is 0 Å². The predicted octanol–water partition coefficient (Wildman–Crippen LogP) is 5.98. The largest absolute Gasteiger partial charge is 0.481 e. The van der Waals surface area contributed by atoms with Gasteiger partial charge in [-0.25, -0.2) is 9.37 Å². The molecule has 0 saturated carbocycles. The Morgan fingerprint density at radius 2 is 1.69 bits per heavy atom. The number of anilines is 2. The summed E-state index contributed by atoms with van der Waals surface area (Å²) in [7, 11) is 0. The standard InChI is InChI=1S/C31H31FN4O3/c1-3-25(31(38)39)27(21-7-5-4-6-8-21)30(37)35-17-18-36-26(19-35)34-28(22-11-13-23(32)14-12-22)29(36)33-24-15-9-20(2)10-16-24/h4-16,25,27,33H,3,17-19H2,1-2H3,(H,38,39). The molecule has 0 bridgehead atoms. The molecule has 8 heteroatoms. The smallest absolute Gasteiger partial charge is 0.307 e. The Kier molecular flexibility index (Phi) is 7.45. The van der Waals surface area contributed by atoms with Gasteiger partial charge in [-0.15, -0.1) is 0 Å². The molecule has 1 aromatic heterocycles. The van der Waals surface area contributed by atoms with E-state index in [1.807, 2.05) is 66.1 Å². The van der Waals surface area contributed by atoms with Crippen LogP contribution in [0, 0.1) is 18.7 Å². The monoisotopic (exact) mass is 526 g/mol. The summed E-state index contributed by atoms with van der Waals surface area (Å²) in [6.45, 7) is 4.95. The number of aryl methyl sites for hydroxylation is 1. The molecular formula is C31H31FN4O3. The zero-order valence-electron chi connectivity index (χ0n) is 22.0. The second-order valence-electron chi connectivity index (χ2n) is 9.88. The Hall–Kier alpha value is -4.46. The number of carbonyl (C=O) groups is 2. The van der Waals surface area contributed by atoms with Gasteiger partial charge in [0.05, 0.1) is 18.4 Å². The van der Waals surface area contributed by atoms with Crippen molar-refractivity contribution in [2.75, 3.05) is 11.9 Å². The fourth-order valence-electron chi connectivity index (χ4n) is 5.19. The molecule has 2 atom stereocenters. The van der Waals surface area contributed by atoms with Crippen molar-refractivity contribution in [1.82, 2.24) is 14.5 Å². The molecular weight excluding hydrogens is 495 g/mol. The number of halogens is 1. The van der Waals surface area contributed by atoms with Crippen LogP contribution in [0.25, 0.3) is 11.3 Å². The van der Waals surface area contributed by atoms with Crippen molar-refractivity contribution in [3.8, 4) is 11.3 Å². The van der Waals surface area contributed by atoms with Crippen LogP contribution in [0.3, 0.4) is 0 Å². The Bertz CT molecular complexity index is 1470. The number of carboxylic acids is 1. The molecule has 2 unspecified atom stereocenters. The van der Waals surface area contributed by atoms with Crippen LogP contribution in [-0.4, -0.2) is 38.0 Å². The minimum absolute atomic E-state index is 0.221. The molecule has 4 aromatic rings. The fourth-order valence-corrected chi connectivity index (χ4v) is 5.19. The van der Waals surface area contributed by atoms with Crippen molar-refractivity contribution in [1.29, 1.82) is 0 Å². The van der Waals surface area contributed by atoms with Gasteiger partial charge in [0.2, 0.25) is 5.91 Å². The van der Waals surface area contributed by atoms with Crippen LogP contribution in [0.2, 0.25) is 0 Å². The molecule has 0 fully saturated rings. The van der Waals surface area contributed by atoms with Crippen LogP contribution in [0.4, 0.5) is 15.9 Å². The highest BCUT2D eigenvalue weighted by Gasteiger charge is 2.38. The van der Waals surface area contributed by atoms with Gasteiger partial charge in [-0.1, -0.05) is 55.0 Å². The van der Waals surface area contributed by atoms with Gasteiger partial charge < -0.3 is 19.9 Å². The van der Waals surface area contributed by atoms with Crippen LogP contribution in [0.15, 0.2) is 78.9 Å². The molecule has 7 nitrogen and oxygen atoms in total. The highest BCUT2D eigenvalue weighted by Crippen LogP contribution is 2.35. The molecule has 0 saturated heterocycles. The number of aliphatic carboxylic acids is 1. The topological polar surface area (TPSA) is 87.5 Å². The van der Waals surface area contributed by atoms with Crippen molar-refractivity contribution in [3.63, 3.8) is 0 Å². The lowest BCUT2D eigenvalue weighted by molar-refractivity contribution is -0.148. The minimum Gasteiger partial charge on any atom is -0.481 e. The number of rotatable bonds is 8. The van der Waals surface area contributed by atoms with E-state index in [0.29, 0.717) is 36.6 Å². The van der Waals surface area contributed by atoms with E-state index in [1.54, 1.807) is 24.0 Å². The first kappa shape index (κ1) is 26.2. The van der Waals surface area contributed by atoms with E-state index in [1.165, 1.54) is 12.1 Å². The molecule has 2 heterocycles. The molecule has 5 rings (SSSR count). The number of benzene rings is 3. The Labute approximate surface area is 226 Å². The second-order valence-corrected chi connectivity index (χ2v) is 9.88. The zero-order chi connectivity index (χ0) is 27.5. The number of nitrogens with one attached hydrogen (secondary N) is 1.